The second-order valence-electron chi connectivity index (χ2n) is 8.62. The van der Waals surface area contributed by atoms with Crippen LogP contribution >= 0.6 is 34.2 Å². The van der Waals surface area contributed by atoms with Crippen molar-refractivity contribution in [3.63, 3.8) is 0 Å². The molecule has 5 rings (SSSR count). The highest BCUT2D eigenvalue weighted by atomic mass is 127. The largest absolute Gasteiger partial charge is 0.465 e. The fourth-order valence-corrected chi connectivity index (χ4v) is 5.73. The van der Waals surface area contributed by atoms with Crippen LogP contribution in [-0.2, 0) is 0 Å². The Balaban J connectivity index is 1.70. The molecule has 0 spiro atoms. The van der Waals surface area contributed by atoms with E-state index in [1.807, 2.05) is 37.8 Å². The molecule has 1 aliphatic rings. The van der Waals surface area contributed by atoms with Gasteiger partial charge in [0.2, 0.25) is 0 Å². The molecule has 2 aromatic heterocycles. The maximum atomic E-state index is 16.1. The number of halogens is 3. The minimum absolute atomic E-state index is 0.157. The van der Waals surface area contributed by atoms with Crippen LogP contribution in [0.5, 0.6) is 0 Å². The Bertz CT molecular complexity index is 1460. The predicted molar refractivity (Wildman–Crippen MR) is 138 cm³/mol. The highest BCUT2D eigenvalue weighted by molar-refractivity contribution is 14.1. The molecule has 0 bridgehead atoms. The number of anilines is 1. The molecule has 1 saturated heterocycles. The van der Waals surface area contributed by atoms with Crippen molar-refractivity contribution in [1.29, 1.82) is 0 Å². The Morgan fingerprint density at radius 2 is 2.00 bits per heavy atom. The van der Waals surface area contributed by atoms with Gasteiger partial charge in [0.25, 0.3) is 0 Å². The number of benzene rings is 2. The van der Waals surface area contributed by atoms with E-state index in [9.17, 15) is 9.90 Å². The van der Waals surface area contributed by atoms with Crippen molar-refractivity contribution in [3.05, 3.63) is 44.6 Å². The highest BCUT2D eigenvalue weighted by Gasteiger charge is 2.34. The molecule has 3 heterocycles. The number of aromatic nitrogens is 4. The molecule has 11 heteroatoms. The van der Waals surface area contributed by atoms with Gasteiger partial charge in [0.1, 0.15) is 21.4 Å². The minimum Gasteiger partial charge on any atom is -0.465 e. The Labute approximate surface area is 213 Å². The second kappa shape index (κ2) is 8.49. The third-order valence-electron chi connectivity index (χ3n) is 6.45. The third kappa shape index (κ3) is 3.54. The second-order valence-corrected chi connectivity index (χ2v) is 10.0. The number of nitrogens with one attached hydrogen (secondary N) is 1. The summed E-state index contributed by atoms with van der Waals surface area (Å²) in [6, 6.07) is 5.12. The van der Waals surface area contributed by atoms with Crippen molar-refractivity contribution in [1.82, 2.24) is 25.1 Å². The van der Waals surface area contributed by atoms with Gasteiger partial charge in [-0.3, -0.25) is 5.10 Å². The lowest BCUT2D eigenvalue weighted by Gasteiger charge is -2.43. The van der Waals surface area contributed by atoms with Crippen molar-refractivity contribution in [2.45, 2.75) is 32.9 Å². The number of rotatable bonds is 2. The maximum absolute atomic E-state index is 16.1. The number of piperazine rings is 1. The molecule has 0 radical (unpaired) electrons. The number of aryl methyl sites for hydroxylation is 1. The lowest BCUT2D eigenvalue weighted by Crippen LogP contribution is -2.58. The summed E-state index contributed by atoms with van der Waals surface area (Å²) in [6.45, 7) is 6.42. The molecule has 1 aliphatic heterocycles. The molecule has 2 N–H and O–H groups in total. The summed E-state index contributed by atoms with van der Waals surface area (Å²) in [5, 5.41) is 18.3. The van der Waals surface area contributed by atoms with E-state index >= 15 is 4.39 Å². The summed E-state index contributed by atoms with van der Waals surface area (Å²) in [5.41, 5.74) is 2.78. The molecule has 1 amide bonds. The molecule has 2 aromatic carbocycles. The number of carbonyl (C=O) groups is 1. The summed E-state index contributed by atoms with van der Waals surface area (Å²) in [5.74, 6) is 0.0122. The summed E-state index contributed by atoms with van der Waals surface area (Å²) in [6.07, 6.45) is 0.387. The SMILES string of the molecule is Cc1ccc2[nH]nc(I)c2c1-c1c(Cl)cc2c(N3C[C@@H](C)N(C(=O)O)C[C@@H]3C)ncnc2c1F. The normalized spacial score (nSPS) is 18.8. The van der Waals surface area contributed by atoms with Crippen LogP contribution in [0, 0.1) is 16.4 Å². The fraction of sp³-hybridized carbons (Fsp3) is 0.304. The summed E-state index contributed by atoms with van der Waals surface area (Å²) < 4.78 is 16.9. The van der Waals surface area contributed by atoms with Crippen molar-refractivity contribution in [3.8, 4) is 11.1 Å². The minimum atomic E-state index is -0.955. The van der Waals surface area contributed by atoms with Crippen molar-refractivity contribution in [2.24, 2.45) is 0 Å². The highest BCUT2D eigenvalue weighted by Crippen LogP contribution is 2.42. The number of H-pyrrole nitrogens is 1. The van der Waals surface area contributed by atoms with Gasteiger partial charge in [0.05, 0.1) is 10.5 Å². The van der Waals surface area contributed by atoms with Crippen LogP contribution in [0.4, 0.5) is 15.0 Å². The Morgan fingerprint density at radius 3 is 2.74 bits per heavy atom. The monoisotopic (exact) mass is 594 g/mol. The number of aromatic amines is 1. The fourth-order valence-electron chi connectivity index (χ4n) is 4.76. The Morgan fingerprint density at radius 1 is 1.24 bits per heavy atom. The number of nitrogens with zero attached hydrogens (tertiary/aromatic N) is 5. The van der Waals surface area contributed by atoms with Gasteiger partial charge in [0, 0.05) is 47.1 Å². The van der Waals surface area contributed by atoms with Crippen LogP contribution in [0.3, 0.4) is 0 Å². The van der Waals surface area contributed by atoms with Crippen LogP contribution in [0.25, 0.3) is 32.9 Å². The number of fused-ring (bicyclic) bond motifs is 2. The molecule has 1 fully saturated rings. The molecule has 34 heavy (non-hydrogen) atoms. The molecule has 4 aromatic rings. The molecule has 8 nitrogen and oxygen atoms in total. The Hall–Kier alpha value is -2.73. The van der Waals surface area contributed by atoms with E-state index in [0.717, 1.165) is 20.2 Å². The first kappa shape index (κ1) is 23.0. The lowest BCUT2D eigenvalue weighted by atomic mass is 9.95. The predicted octanol–water partition coefficient (Wildman–Crippen LogP) is 5.46. The summed E-state index contributed by atoms with van der Waals surface area (Å²) >= 11 is 8.87. The molecular weight excluding hydrogens is 574 g/mol. The van der Waals surface area contributed by atoms with Crippen LogP contribution in [0.2, 0.25) is 5.02 Å². The van der Waals surface area contributed by atoms with Gasteiger partial charge in [-0.1, -0.05) is 17.7 Å². The van der Waals surface area contributed by atoms with Crippen molar-refractivity contribution >= 4 is 67.9 Å². The topological polar surface area (TPSA) is 98.2 Å². The molecule has 2 atom stereocenters. The molecule has 176 valence electrons. The van der Waals surface area contributed by atoms with Crippen molar-refractivity contribution in [2.75, 3.05) is 18.0 Å². The zero-order valence-corrected chi connectivity index (χ0v) is 21.5. The molecule has 0 unspecified atom stereocenters. The first-order valence-electron chi connectivity index (χ1n) is 10.7. The number of hydrogen-bond acceptors (Lipinski definition) is 5. The lowest BCUT2D eigenvalue weighted by molar-refractivity contribution is 0.114. The zero-order chi connectivity index (χ0) is 24.3. The first-order valence-corrected chi connectivity index (χ1v) is 12.2. The molecule has 0 aliphatic carbocycles. The number of hydrogen-bond donors (Lipinski definition) is 2. The average molecular weight is 595 g/mol. The molecular formula is C23H21ClFIN6O2. The van der Waals surface area contributed by atoms with Gasteiger partial charge < -0.3 is 14.9 Å². The van der Waals surface area contributed by atoms with Crippen LogP contribution < -0.4 is 4.90 Å². The maximum Gasteiger partial charge on any atom is 0.407 e. The third-order valence-corrected chi connectivity index (χ3v) is 7.53. The van der Waals surface area contributed by atoms with E-state index in [4.69, 9.17) is 11.6 Å². The summed E-state index contributed by atoms with van der Waals surface area (Å²) in [7, 11) is 0. The number of carboxylic acid groups (broad SMARTS) is 1. The summed E-state index contributed by atoms with van der Waals surface area (Å²) in [4.78, 5) is 23.7. The first-order chi connectivity index (χ1) is 16.2. The van der Waals surface area contributed by atoms with Crippen LogP contribution in [0.1, 0.15) is 19.4 Å². The zero-order valence-electron chi connectivity index (χ0n) is 18.6. The van der Waals surface area contributed by atoms with Gasteiger partial charge in [-0.2, -0.15) is 5.10 Å². The van der Waals surface area contributed by atoms with Gasteiger partial charge >= 0.3 is 6.09 Å². The van der Waals surface area contributed by atoms with E-state index < -0.39 is 11.9 Å². The average Bonchev–Trinajstić information content (AvgIpc) is 3.17. The number of amides is 1. The van der Waals surface area contributed by atoms with E-state index in [1.165, 1.54) is 11.2 Å². The van der Waals surface area contributed by atoms with Gasteiger partial charge in [-0.05, 0) is 61.1 Å². The van der Waals surface area contributed by atoms with E-state index in [-0.39, 0.29) is 28.2 Å². The van der Waals surface area contributed by atoms with Crippen LogP contribution in [0.15, 0.2) is 24.5 Å². The van der Waals surface area contributed by atoms with E-state index in [2.05, 4.69) is 42.8 Å². The van der Waals surface area contributed by atoms with E-state index in [1.54, 1.807) is 6.07 Å². The van der Waals surface area contributed by atoms with Crippen LogP contribution in [-0.4, -0.2) is 61.4 Å². The molecule has 0 saturated carbocycles. The smallest absolute Gasteiger partial charge is 0.407 e. The van der Waals surface area contributed by atoms with Gasteiger partial charge in [-0.15, -0.1) is 0 Å². The van der Waals surface area contributed by atoms with Crippen molar-refractivity contribution < 1.29 is 14.3 Å². The standard InChI is InChI=1S/C23H21ClFIN6O2/c1-10-4-5-15-18(21(26)30-29-15)16(10)17-14(24)6-13-20(19(17)25)27-9-28-22(13)31-7-12(3)32(23(33)34)8-11(31)2/h4-6,9,11-12H,7-8H2,1-3H3,(H,29,30)(H,33,34)/t11-,12+/m0/s1. The van der Waals surface area contributed by atoms with Gasteiger partial charge in [0.15, 0.2) is 5.82 Å². The van der Waals surface area contributed by atoms with E-state index in [0.29, 0.717) is 29.9 Å². The van der Waals surface area contributed by atoms with Gasteiger partial charge in [-0.25, -0.2) is 19.2 Å². The Kier molecular flexibility index (Phi) is 5.75. The quantitative estimate of drug-likeness (QED) is 0.299.